The van der Waals surface area contributed by atoms with Crippen LogP contribution in [0.5, 0.6) is 0 Å². The largest absolute Gasteiger partial charge is 0.394 e. The second-order valence-corrected chi connectivity index (χ2v) is 5.09. The van der Waals surface area contributed by atoms with Crippen LogP contribution < -0.4 is 0 Å². The summed E-state index contributed by atoms with van der Waals surface area (Å²) < 4.78 is 5.35. The fraction of sp³-hybridized carbons (Fsp3) is 0.500. The van der Waals surface area contributed by atoms with E-state index in [1.54, 1.807) is 6.92 Å². The maximum atomic E-state index is 12.5. The van der Waals surface area contributed by atoms with Gasteiger partial charge in [0.2, 0.25) is 0 Å². The third kappa shape index (κ3) is 3.29. The van der Waals surface area contributed by atoms with Gasteiger partial charge in [0.05, 0.1) is 35.8 Å². The standard InChI is InChI=1S/C12H14ClN3O5/c1-7-6-21-9(5-17)4-15(7)12(18)10-2-8(16(19)20)3-14-11(10)13/h2-3,7,9,17H,4-6H2,1H3. The molecular weight excluding hydrogens is 302 g/mol. The number of amides is 1. The van der Waals surface area contributed by atoms with E-state index in [9.17, 15) is 14.9 Å². The van der Waals surface area contributed by atoms with Gasteiger partial charge in [-0.1, -0.05) is 11.6 Å². The number of aromatic nitrogens is 1. The lowest BCUT2D eigenvalue weighted by atomic mass is 10.1. The van der Waals surface area contributed by atoms with E-state index in [1.807, 2.05) is 0 Å². The molecule has 0 radical (unpaired) electrons. The number of aliphatic hydroxyl groups excluding tert-OH is 1. The first-order chi connectivity index (χ1) is 9.93. The minimum Gasteiger partial charge on any atom is -0.394 e. The Balaban J connectivity index is 2.30. The molecule has 21 heavy (non-hydrogen) atoms. The van der Waals surface area contributed by atoms with Crippen molar-refractivity contribution in [1.29, 1.82) is 0 Å². The molecule has 1 fully saturated rings. The molecule has 114 valence electrons. The number of nitrogens with zero attached hydrogens (tertiary/aromatic N) is 3. The highest BCUT2D eigenvalue weighted by molar-refractivity contribution is 6.32. The highest BCUT2D eigenvalue weighted by Crippen LogP contribution is 2.23. The van der Waals surface area contributed by atoms with Crippen LogP contribution >= 0.6 is 11.6 Å². The Morgan fingerprint density at radius 2 is 2.43 bits per heavy atom. The van der Waals surface area contributed by atoms with Crippen LogP contribution in [0.2, 0.25) is 5.15 Å². The van der Waals surface area contributed by atoms with Crippen LogP contribution in [0.3, 0.4) is 0 Å². The summed E-state index contributed by atoms with van der Waals surface area (Å²) in [4.78, 5) is 27.8. The summed E-state index contributed by atoms with van der Waals surface area (Å²) >= 11 is 5.87. The average Bonchev–Trinajstić information content (AvgIpc) is 2.47. The fourth-order valence-corrected chi connectivity index (χ4v) is 2.24. The van der Waals surface area contributed by atoms with E-state index in [-0.39, 0.29) is 42.2 Å². The van der Waals surface area contributed by atoms with Crippen molar-refractivity contribution in [2.45, 2.75) is 19.1 Å². The Bertz CT molecular complexity index is 568. The molecule has 1 amide bonds. The van der Waals surface area contributed by atoms with Crippen LogP contribution in [0.1, 0.15) is 17.3 Å². The molecule has 1 N–H and O–H groups in total. The molecule has 1 aliphatic heterocycles. The molecule has 1 aliphatic rings. The Morgan fingerprint density at radius 1 is 1.71 bits per heavy atom. The monoisotopic (exact) mass is 315 g/mol. The molecule has 0 bridgehead atoms. The van der Waals surface area contributed by atoms with Crippen LogP contribution in [0.25, 0.3) is 0 Å². The molecule has 1 aromatic rings. The van der Waals surface area contributed by atoms with E-state index in [0.29, 0.717) is 0 Å². The molecule has 0 aromatic carbocycles. The van der Waals surface area contributed by atoms with Crippen molar-refractivity contribution in [3.8, 4) is 0 Å². The van der Waals surface area contributed by atoms with Gasteiger partial charge >= 0.3 is 0 Å². The molecular formula is C12H14ClN3O5. The van der Waals surface area contributed by atoms with Gasteiger partial charge in [-0.15, -0.1) is 0 Å². The normalized spacial score (nSPS) is 22.1. The summed E-state index contributed by atoms with van der Waals surface area (Å²) in [6.45, 7) is 2.04. The van der Waals surface area contributed by atoms with E-state index in [2.05, 4.69) is 4.98 Å². The molecule has 9 heteroatoms. The van der Waals surface area contributed by atoms with E-state index in [1.165, 1.54) is 4.90 Å². The van der Waals surface area contributed by atoms with Gasteiger partial charge in [0, 0.05) is 12.6 Å². The summed E-state index contributed by atoms with van der Waals surface area (Å²) in [5.41, 5.74) is -0.335. The second-order valence-electron chi connectivity index (χ2n) is 4.73. The number of rotatable bonds is 3. The number of aliphatic hydroxyl groups is 1. The van der Waals surface area contributed by atoms with Gasteiger partial charge in [-0.25, -0.2) is 4.98 Å². The van der Waals surface area contributed by atoms with Crippen molar-refractivity contribution in [2.24, 2.45) is 0 Å². The van der Waals surface area contributed by atoms with E-state index in [0.717, 1.165) is 12.3 Å². The Labute approximate surface area is 125 Å². The zero-order valence-electron chi connectivity index (χ0n) is 11.2. The molecule has 0 spiro atoms. The van der Waals surface area contributed by atoms with Gasteiger partial charge in [-0.05, 0) is 6.92 Å². The van der Waals surface area contributed by atoms with Crippen LogP contribution in [0.4, 0.5) is 5.69 Å². The number of nitro groups is 1. The molecule has 2 atom stereocenters. The number of carbonyl (C=O) groups is 1. The number of ether oxygens (including phenoxy) is 1. The molecule has 8 nitrogen and oxygen atoms in total. The van der Waals surface area contributed by atoms with Crippen molar-refractivity contribution >= 4 is 23.2 Å². The second kappa shape index (κ2) is 6.33. The number of halogens is 1. The molecule has 0 saturated carbocycles. The van der Waals surface area contributed by atoms with Gasteiger partial charge in [0.25, 0.3) is 11.6 Å². The number of pyridine rings is 1. The topological polar surface area (TPSA) is 106 Å². The highest BCUT2D eigenvalue weighted by Gasteiger charge is 2.31. The first kappa shape index (κ1) is 15.6. The number of morpholine rings is 1. The van der Waals surface area contributed by atoms with E-state index in [4.69, 9.17) is 21.4 Å². The van der Waals surface area contributed by atoms with Gasteiger partial charge < -0.3 is 14.7 Å². The zero-order valence-corrected chi connectivity index (χ0v) is 12.0. The number of carbonyl (C=O) groups excluding carboxylic acids is 1. The van der Waals surface area contributed by atoms with Gasteiger partial charge in [0.15, 0.2) is 0 Å². The lowest BCUT2D eigenvalue weighted by Crippen LogP contribution is -2.52. The van der Waals surface area contributed by atoms with Crippen LogP contribution in [-0.2, 0) is 4.74 Å². The summed E-state index contributed by atoms with van der Waals surface area (Å²) in [5, 5.41) is 19.8. The van der Waals surface area contributed by atoms with Crippen LogP contribution in [0.15, 0.2) is 12.3 Å². The van der Waals surface area contributed by atoms with Crippen molar-refractivity contribution < 1.29 is 19.6 Å². The predicted octanol–water partition coefficient (Wildman–Crippen LogP) is 0.865. The molecule has 2 unspecified atom stereocenters. The highest BCUT2D eigenvalue weighted by atomic mass is 35.5. The Morgan fingerprint density at radius 3 is 3.05 bits per heavy atom. The summed E-state index contributed by atoms with van der Waals surface area (Å²) in [7, 11) is 0. The van der Waals surface area contributed by atoms with Gasteiger partial charge in [-0.3, -0.25) is 14.9 Å². The summed E-state index contributed by atoms with van der Waals surface area (Å²) in [6, 6.07) is 0.879. The van der Waals surface area contributed by atoms with Crippen LogP contribution in [-0.4, -0.2) is 57.7 Å². The summed E-state index contributed by atoms with van der Waals surface area (Å²) in [6.07, 6.45) is 0.522. The number of hydrogen-bond acceptors (Lipinski definition) is 6. The first-order valence-corrected chi connectivity index (χ1v) is 6.65. The lowest BCUT2D eigenvalue weighted by Gasteiger charge is -2.37. The Hall–Kier alpha value is -1.77. The predicted molar refractivity (Wildman–Crippen MR) is 73.2 cm³/mol. The maximum absolute atomic E-state index is 12.5. The van der Waals surface area contributed by atoms with Crippen molar-refractivity contribution in [2.75, 3.05) is 19.8 Å². The smallest absolute Gasteiger partial charge is 0.288 e. The summed E-state index contributed by atoms with van der Waals surface area (Å²) in [5.74, 6) is -0.467. The minimum absolute atomic E-state index is 0.0312. The number of hydrogen-bond donors (Lipinski definition) is 1. The third-order valence-electron chi connectivity index (χ3n) is 3.24. The maximum Gasteiger partial charge on any atom is 0.288 e. The lowest BCUT2D eigenvalue weighted by molar-refractivity contribution is -0.385. The zero-order chi connectivity index (χ0) is 15.6. The average molecular weight is 316 g/mol. The molecule has 2 rings (SSSR count). The molecule has 0 aliphatic carbocycles. The van der Waals surface area contributed by atoms with Gasteiger partial charge in [-0.2, -0.15) is 0 Å². The molecule has 2 heterocycles. The van der Waals surface area contributed by atoms with Crippen molar-refractivity contribution in [3.05, 3.63) is 33.1 Å². The fourth-order valence-electron chi connectivity index (χ4n) is 2.05. The van der Waals surface area contributed by atoms with E-state index >= 15 is 0 Å². The quantitative estimate of drug-likeness (QED) is 0.504. The van der Waals surface area contributed by atoms with Crippen LogP contribution in [0, 0.1) is 10.1 Å². The molecule has 1 aromatic heterocycles. The van der Waals surface area contributed by atoms with Crippen molar-refractivity contribution in [3.63, 3.8) is 0 Å². The minimum atomic E-state index is -0.640. The van der Waals surface area contributed by atoms with Gasteiger partial charge in [0.1, 0.15) is 11.3 Å². The first-order valence-electron chi connectivity index (χ1n) is 6.27. The van der Waals surface area contributed by atoms with E-state index < -0.39 is 16.9 Å². The van der Waals surface area contributed by atoms with Crippen molar-refractivity contribution in [1.82, 2.24) is 9.88 Å². The Kier molecular flexibility index (Phi) is 4.71. The molecule has 1 saturated heterocycles. The SMILES string of the molecule is CC1COC(CO)CN1C(=O)c1cc([N+](=O)[O-])cnc1Cl. The third-order valence-corrected chi connectivity index (χ3v) is 3.54.